The van der Waals surface area contributed by atoms with Crippen molar-refractivity contribution in [2.45, 2.75) is 31.7 Å². The topological polar surface area (TPSA) is 107 Å². The number of likely N-dealkylation sites (N-methyl/N-ethyl adjacent to an activating group) is 1. The zero-order chi connectivity index (χ0) is 25.7. The molecule has 8 nitrogen and oxygen atoms in total. The summed E-state index contributed by atoms with van der Waals surface area (Å²) < 4.78 is 29.9. The summed E-state index contributed by atoms with van der Waals surface area (Å²) in [5.74, 6) is 1.32. The molecule has 0 fully saturated rings. The molecule has 2 aliphatic rings. The first-order valence-electron chi connectivity index (χ1n) is 12.3. The fourth-order valence-corrected chi connectivity index (χ4v) is 5.47. The molecule has 2 aromatic heterocycles. The SMILES string of the molecule is [2H]C1([2H])c2cc(Nc3ncc(C#N)c(Nc4cccc(P(C)(C)=O)n4)n3)cc3c2C(CCC3)CN1C. The Hall–Kier alpha value is -3.27. The Bertz CT molecular complexity index is 1430. The van der Waals surface area contributed by atoms with Crippen molar-refractivity contribution in [3.8, 4) is 6.07 Å². The Morgan fingerprint density at radius 1 is 1.24 bits per heavy atom. The number of nitriles is 1. The average Bonchev–Trinajstić information content (AvgIpc) is 2.83. The van der Waals surface area contributed by atoms with Crippen molar-refractivity contribution in [2.24, 2.45) is 0 Å². The fourth-order valence-electron chi connectivity index (χ4n) is 4.68. The molecule has 1 unspecified atom stereocenters. The van der Waals surface area contributed by atoms with Gasteiger partial charge in [-0.2, -0.15) is 10.2 Å². The second kappa shape index (κ2) is 8.83. The van der Waals surface area contributed by atoms with Crippen LogP contribution in [0.2, 0.25) is 0 Å². The van der Waals surface area contributed by atoms with Crippen molar-refractivity contribution in [1.29, 1.82) is 5.26 Å². The summed E-state index contributed by atoms with van der Waals surface area (Å²) in [5, 5.41) is 15.8. The van der Waals surface area contributed by atoms with Crippen molar-refractivity contribution in [3.05, 3.63) is 58.8 Å². The van der Waals surface area contributed by atoms with Crippen molar-refractivity contribution in [1.82, 2.24) is 19.9 Å². The van der Waals surface area contributed by atoms with Gasteiger partial charge < -0.3 is 20.1 Å². The van der Waals surface area contributed by atoms with E-state index in [1.54, 1.807) is 36.4 Å². The molecule has 174 valence electrons. The molecule has 0 bridgehead atoms. The van der Waals surface area contributed by atoms with E-state index in [2.05, 4.69) is 37.7 Å². The van der Waals surface area contributed by atoms with E-state index in [9.17, 15) is 9.83 Å². The Balaban J connectivity index is 1.48. The molecule has 0 spiro atoms. The van der Waals surface area contributed by atoms with Crippen LogP contribution in [0.5, 0.6) is 0 Å². The van der Waals surface area contributed by atoms with E-state index in [0.717, 1.165) is 24.8 Å². The van der Waals surface area contributed by atoms with E-state index in [-0.39, 0.29) is 17.3 Å². The maximum absolute atomic E-state index is 12.4. The number of anilines is 4. The number of hydrogen-bond acceptors (Lipinski definition) is 8. The van der Waals surface area contributed by atoms with Crippen molar-refractivity contribution >= 4 is 35.8 Å². The normalized spacial score (nSPS) is 19.9. The minimum atomic E-state index is -2.55. The molecular weight excluding hydrogens is 445 g/mol. The number of benzene rings is 1. The first-order valence-corrected chi connectivity index (χ1v) is 13.9. The summed E-state index contributed by atoms with van der Waals surface area (Å²) in [7, 11) is -0.721. The van der Waals surface area contributed by atoms with E-state index >= 15 is 0 Å². The van der Waals surface area contributed by atoms with Crippen LogP contribution in [-0.4, -0.2) is 46.8 Å². The molecule has 1 aromatic carbocycles. The third-order valence-electron chi connectivity index (χ3n) is 6.18. The Kier molecular flexibility index (Phi) is 5.23. The third-order valence-corrected chi connectivity index (χ3v) is 7.53. The van der Waals surface area contributed by atoms with E-state index in [1.807, 2.05) is 13.1 Å². The van der Waals surface area contributed by atoms with Gasteiger partial charge >= 0.3 is 0 Å². The van der Waals surface area contributed by atoms with Crippen molar-refractivity contribution in [2.75, 3.05) is 37.6 Å². The van der Waals surface area contributed by atoms with Gasteiger partial charge in [-0.25, -0.2) is 9.97 Å². The monoisotopic (exact) mass is 475 g/mol. The van der Waals surface area contributed by atoms with Gasteiger partial charge in [-0.15, -0.1) is 0 Å². The van der Waals surface area contributed by atoms with Crippen LogP contribution in [-0.2, 0) is 17.5 Å². The maximum atomic E-state index is 12.4. The third kappa shape index (κ3) is 4.54. The van der Waals surface area contributed by atoms with Gasteiger partial charge in [-0.05, 0) is 86.5 Å². The number of nitrogens with one attached hydrogen (secondary N) is 2. The van der Waals surface area contributed by atoms with E-state index in [0.29, 0.717) is 35.0 Å². The lowest BCUT2D eigenvalue weighted by Gasteiger charge is -2.37. The van der Waals surface area contributed by atoms with Crippen LogP contribution in [0.25, 0.3) is 0 Å². The Labute approximate surface area is 202 Å². The molecule has 0 saturated heterocycles. The summed E-state index contributed by atoms with van der Waals surface area (Å²) in [5.41, 5.74) is 4.44. The van der Waals surface area contributed by atoms with E-state index < -0.39 is 13.6 Å². The van der Waals surface area contributed by atoms with Gasteiger partial charge in [0.1, 0.15) is 30.0 Å². The molecule has 1 aliphatic heterocycles. The van der Waals surface area contributed by atoms with Gasteiger partial charge in [0.15, 0.2) is 5.82 Å². The Morgan fingerprint density at radius 2 is 2.06 bits per heavy atom. The first kappa shape index (κ1) is 20.1. The number of aryl methyl sites for hydroxylation is 1. The maximum Gasteiger partial charge on any atom is 0.229 e. The minimum absolute atomic E-state index is 0.241. The molecular formula is C25H28N7OP. The fraction of sp³-hybridized carbons (Fsp3) is 0.360. The van der Waals surface area contributed by atoms with Crippen LogP contribution in [0.4, 0.5) is 23.3 Å². The molecule has 34 heavy (non-hydrogen) atoms. The summed E-state index contributed by atoms with van der Waals surface area (Å²) in [6.07, 6.45) is 4.49. The highest BCUT2D eigenvalue weighted by molar-refractivity contribution is 7.69. The molecule has 0 saturated carbocycles. The van der Waals surface area contributed by atoms with Gasteiger partial charge in [-0.3, -0.25) is 0 Å². The molecule has 3 heterocycles. The molecule has 5 rings (SSSR count). The van der Waals surface area contributed by atoms with Gasteiger partial charge in [0, 0.05) is 21.5 Å². The number of hydrogen-bond donors (Lipinski definition) is 2. The van der Waals surface area contributed by atoms with Gasteiger partial charge in [0.05, 0.1) is 6.20 Å². The summed E-state index contributed by atoms with van der Waals surface area (Å²) in [4.78, 5) is 15.0. The van der Waals surface area contributed by atoms with Gasteiger partial charge in [-0.1, -0.05) is 6.07 Å². The van der Waals surface area contributed by atoms with Crippen LogP contribution in [0.3, 0.4) is 0 Å². The van der Waals surface area contributed by atoms with E-state index in [4.69, 9.17) is 2.74 Å². The van der Waals surface area contributed by atoms with Crippen molar-refractivity contribution < 1.29 is 7.31 Å². The van der Waals surface area contributed by atoms with Gasteiger partial charge in [0.2, 0.25) is 5.95 Å². The summed E-state index contributed by atoms with van der Waals surface area (Å²) in [6.45, 7) is 2.46. The highest BCUT2D eigenvalue weighted by Gasteiger charge is 2.29. The second-order valence-electron chi connectivity index (χ2n) is 9.23. The lowest BCUT2D eigenvalue weighted by atomic mass is 9.77. The average molecular weight is 476 g/mol. The van der Waals surface area contributed by atoms with E-state index in [1.165, 1.54) is 11.8 Å². The first-order chi connectivity index (χ1) is 17.1. The number of nitrogens with zero attached hydrogens (tertiary/aromatic N) is 5. The predicted octanol–water partition coefficient (Wildman–Crippen LogP) is 4.34. The molecule has 9 heteroatoms. The lowest BCUT2D eigenvalue weighted by molar-refractivity contribution is 0.266. The molecule has 2 N–H and O–H groups in total. The standard InChI is InChI=1S/C25H28N7OP/c1-32-14-17-7-4-6-16-10-20(11-18(15-32)23(16)17)28-25-27-13-19(12-26)24(31-25)30-21-8-5-9-22(29-21)34(2,3)33/h5,8-11,13,17H,4,6-7,14-15H2,1-3H3,(H2,27,28,29,30,31)/i15D2. The lowest BCUT2D eigenvalue weighted by Crippen LogP contribution is -2.33. The van der Waals surface area contributed by atoms with Crippen LogP contribution in [0, 0.1) is 11.3 Å². The smallest absolute Gasteiger partial charge is 0.229 e. The molecule has 0 amide bonds. The van der Waals surface area contributed by atoms with Crippen LogP contribution >= 0.6 is 7.14 Å². The van der Waals surface area contributed by atoms with Crippen LogP contribution in [0.15, 0.2) is 36.5 Å². The molecule has 3 aromatic rings. The largest absolute Gasteiger partial charge is 0.324 e. The highest BCUT2D eigenvalue weighted by atomic mass is 31.2. The number of rotatable bonds is 5. The summed E-state index contributed by atoms with van der Waals surface area (Å²) >= 11 is 0. The molecule has 0 radical (unpaired) electrons. The number of pyridine rings is 1. The second-order valence-corrected chi connectivity index (χ2v) is 12.4. The minimum Gasteiger partial charge on any atom is -0.324 e. The highest BCUT2D eigenvalue weighted by Crippen LogP contribution is 2.40. The van der Waals surface area contributed by atoms with Crippen LogP contribution < -0.4 is 16.1 Å². The van der Waals surface area contributed by atoms with Crippen molar-refractivity contribution in [3.63, 3.8) is 0 Å². The summed E-state index contributed by atoms with van der Waals surface area (Å²) in [6, 6.07) is 11.2. The molecule has 1 atom stereocenters. The van der Waals surface area contributed by atoms with Crippen LogP contribution in [0.1, 0.15) is 43.8 Å². The molecule has 1 aliphatic carbocycles. The Morgan fingerprint density at radius 3 is 2.85 bits per heavy atom. The number of aromatic nitrogens is 3. The predicted molar refractivity (Wildman–Crippen MR) is 135 cm³/mol. The zero-order valence-electron chi connectivity index (χ0n) is 21.5. The zero-order valence-corrected chi connectivity index (χ0v) is 20.4. The van der Waals surface area contributed by atoms with Gasteiger partial charge in [0.25, 0.3) is 0 Å². The quantitative estimate of drug-likeness (QED) is 0.525.